The van der Waals surface area contributed by atoms with Gasteiger partial charge in [0.1, 0.15) is 0 Å². The molecule has 1 fully saturated rings. The number of benzene rings is 2. The molecule has 0 amide bonds. The van der Waals surface area contributed by atoms with Crippen LogP contribution in [-0.4, -0.2) is 44.1 Å². The average molecular weight is 432 g/mol. The molecule has 1 N–H and O–H groups in total. The average Bonchev–Trinajstić information content (AvgIpc) is 2.99. The molecule has 0 aliphatic carbocycles. The number of rotatable bonds is 6. The van der Waals surface area contributed by atoms with Crippen LogP contribution < -0.4 is 5.19 Å². The summed E-state index contributed by atoms with van der Waals surface area (Å²) in [5, 5.41) is 12.1. The minimum atomic E-state index is -3.69. The Hall–Kier alpha value is -1.47. The van der Waals surface area contributed by atoms with Gasteiger partial charge in [0, 0.05) is 6.04 Å². The lowest BCUT2D eigenvalue weighted by atomic mass is 10.0. The van der Waals surface area contributed by atoms with Crippen LogP contribution in [0.5, 0.6) is 0 Å². The summed E-state index contributed by atoms with van der Waals surface area (Å²) in [6, 6.07) is 17.6. The molecule has 1 aliphatic rings. The van der Waals surface area contributed by atoms with Crippen molar-refractivity contribution in [2.45, 2.75) is 69.4 Å². The van der Waals surface area contributed by atoms with E-state index in [1.165, 1.54) is 5.19 Å². The van der Waals surface area contributed by atoms with E-state index in [4.69, 9.17) is 0 Å². The minimum absolute atomic E-state index is 0.0386. The van der Waals surface area contributed by atoms with Crippen molar-refractivity contribution in [2.24, 2.45) is 5.92 Å². The van der Waals surface area contributed by atoms with Crippen LogP contribution in [0.1, 0.15) is 25.8 Å². The smallest absolute Gasteiger partial charge is 0.243 e. The highest BCUT2D eigenvalue weighted by Gasteiger charge is 2.50. The van der Waals surface area contributed by atoms with E-state index < -0.39 is 30.2 Å². The fourth-order valence-corrected chi connectivity index (χ4v) is 9.62. The van der Waals surface area contributed by atoms with E-state index in [1.807, 2.05) is 51.1 Å². The second kappa shape index (κ2) is 8.34. The van der Waals surface area contributed by atoms with Crippen LogP contribution >= 0.6 is 0 Å². The Kier molecular flexibility index (Phi) is 6.39. The van der Waals surface area contributed by atoms with Crippen LogP contribution in [0.4, 0.5) is 0 Å². The number of hydrogen-bond acceptors (Lipinski definition) is 3. The summed E-state index contributed by atoms with van der Waals surface area (Å²) in [4.78, 5) is 0.312. The maximum atomic E-state index is 13.7. The number of sulfonamides is 1. The van der Waals surface area contributed by atoms with Gasteiger partial charge in [-0.1, -0.05) is 80.2 Å². The van der Waals surface area contributed by atoms with Crippen LogP contribution in [0.3, 0.4) is 0 Å². The maximum absolute atomic E-state index is 13.7. The lowest BCUT2D eigenvalue weighted by molar-refractivity contribution is 0.116. The number of nitrogens with zero attached hydrogens (tertiary/aromatic N) is 1. The standard InChI is InChI=1S/C23H33NO3SSi/c1-17(2)23-22(25)15-19(16-29(4,5)21-9-7-6-8-10-21)24(23)28(26,27)20-13-11-18(3)12-14-20/h6-14,17,19,22-23,25H,15-16H2,1-5H3/t19-,22-,23-/m0/s1. The van der Waals surface area contributed by atoms with Crippen molar-refractivity contribution in [3.05, 3.63) is 60.2 Å². The van der Waals surface area contributed by atoms with Crippen LogP contribution in [-0.2, 0) is 10.0 Å². The fourth-order valence-electron chi connectivity index (χ4n) is 4.63. The number of aryl methyl sites for hydroxylation is 1. The van der Waals surface area contributed by atoms with Crippen LogP contribution in [0.2, 0.25) is 19.1 Å². The molecule has 0 aromatic heterocycles. The molecule has 3 atom stereocenters. The third-order valence-corrected chi connectivity index (χ3v) is 11.5. The van der Waals surface area contributed by atoms with Gasteiger partial charge in [-0.15, -0.1) is 0 Å². The Labute approximate surface area is 176 Å². The van der Waals surface area contributed by atoms with Gasteiger partial charge in [0.15, 0.2) is 0 Å². The second-order valence-corrected chi connectivity index (χ2v) is 15.9. The van der Waals surface area contributed by atoms with Crippen LogP contribution in [0.15, 0.2) is 59.5 Å². The Morgan fingerprint density at radius 3 is 2.21 bits per heavy atom. The SMILES string of the molecule is Cc1ccc(S(=O)(=O)N2[C@H](C[Si](C)(C)c3ccccc3)C[C@H](O)[C@@H]2C(C)C)cc1. The van der Waals surface area contributed by atoms with Crippen molar-refractivity contribution in [2.75, 3.05) is 0 Å². The summed E-state index contributed by atoms with van der Waals surface area (Å²) in [7, 11) is -5.58. The molecule has 1 heterocycles. The monoisotopic (exact) mass is 431 g/mol. The Balaban J connectivity index is 2.00. The molecule has 29 heavy (non-hydrogen) atoms. The first-order chi connectivity index (χ1) is 13.5. The van der Waals surface area contributed by atoms with Crippen molar-refractivity contribution < 1.29 is 13.5 Å². The van der Waals surface area contributed by atoms with E-state index in [2.05, 4.69) is 25.2 Å². The Morgan fingerprint density at radius 2 is 1.66 bits per heavy atom. The predicted molar refractivity (Wildman–Crippen MR) is 122 cm³/mol. The first-order valence-corrected chi connectivity index (χ1v) is 15.0. The number of hydrogen-bond donors (Lipinski definition) is 1. The van der Waals surface area contributed by atoms with Gasteiger partial charge in [0.2, 0.25) is 10.0 Å². The van der Waals surface area contributed by atoms with Gasteiger partial charge < -0.3 is 5.11 Å². The van der Waals surface area contributed by atoms with Gasteiger partial charge in [-0.25, -0.2) is 8.42 Å². The molecular formula is C23H33NO3SSi. The molecule has 2 aromatic rings. The van der Waals surface area contributed by atoms with E-state index in [0.717, 1.165) is 11.6 Å². The van der Waals surface area contributed by atoms with E-state index in [0.29, 0.717) is 11.3 Å². The lowest BCUT2D eigenvalue weighted by Gasteiger charge is -2.35. The van der Waals surface area contributed by atoms with E-state index in [9.17, 15) is 13.5 Å². The summed E-state index contributed by atoms with van der Waals surface area (Å²) in [6.45, 7) is 10.5. The zero-order valence-electron chi connectivity index (χ0n) is 18.0. The quantitative estimate of drug-likeness (QED) is 0.709. The largest absolute Gasteiger partial charge is 0.391 e. The molecule has 0 bridgehead atoms. The Morgan fingerprint density at radius 1 is 1.07 bits per heavy atom. The van der Waals surface area contributed by atoms with Gasteiger partial charge in [0.25, 0.3) is 0 Å². The lowest BCUT2D eigenvalue weighted by Crippen LogP contribution is -2.50. The molecule has 4 nitrogen and oxygen atoms in total. The van der Waals surface area contributed by atoms with Crippen molar-refractivity contribution in [3.63, 3.8) is 0 Å². The zero-order chi connectivity index (χ0) is 21.4. The molecule has 0 radical (unpaired) electrons. The summed E-state index contributed by atoms with van der Waals surface area (Å²) < 4.78 is 29.0. The van der Waals surface area contributed by atoms with Gasteiger partial charge in [-0.2, -0.15) is 4.31 Å². The molecule has 1 saturated heterocycles. The normalized spacial score (nSPS) is 23.6. The highest BCUT2D eigenvalue weighted by molar-refractivity contribution is 7.89. The molecule has 2 aromatic carbocycles. The van der Waals surface area contributed by atoms with Crippen molar-refractivity contribution >= 4 is 23.3 Å². The summed E-state index contributed by atoms with van der Waals surface area (Å²) in [6.07, 6.45) is -0.141. The number of aliphatic hydroxyl groups excluding tert-OH is 1. The molecule has 158 valence electrons. The summed E-state index contributed by atoms with van der Waals surface area (Å²) >= 11 is 0. The highest BCUT2D eigenvalue weighted by Crippen LogP contribution is 2.38. The van der Waals surface area contributed by atoms with Crippen molar-refractivity contribution in [3.8, 4) is 0 Å². The third kappa shape index (κ3) is 4.50. The van der Waals surface area contributed by atoms with E-state index >= 15 is 0 Å². The van der Waals surface area contributed by atoms with Gasteiger partial charge in [-0.05, 0) is 37.4 Å². The molecule has 0 saturated carbocycles. The van der Waals surface area contributed by atoms with Gasteiger partial charge >= 0.3 is 0 Å². The maximum Gasteiger partial charge on any atom is 0.243 e. The van der Waals surface area contributed by atoms with Gasteiger partial charge in [0.05, 0.1) is 25.1 Å². The van der Waals surface area contributed by atoms with E-state index in [1.54, 1.807) is 16.4 Å². The predicted octanol–water partition coefficient (Wildman–Crippen LogP) is 3.76. The van der Waals surface area contributed by atoms with E-state index in [-0.39, 0.29) is 12.0 Å². The van der Waals surface area contributed by atoms with Crippen molar-refractivity contribution in [1.82, 2.24) is 4.31 Å². The molecular weight excluding hydrogens is 398 g/mol. The van der Waals surface area contributed by atoms with Gasteiger partial charge in [-0.3, -0.25) is 0 Å². The summed E-state index contributed by atoms with van der Waals surface area (Å²) in [5.41, 5.74) is 1.03. The Bertz CT molecular complexity index is 926. The number of aliphatic hydroxyl groups is 1. The molecule has 1 aliphatic heterocycles. The summed E-state index contributed by atoms with van der Waals surface area (Å²) in [5.74, 6) is 0.0386. The molecule has 0 unspecified atom stereocenters. The molecule has 6 heteroatoms. The first-order valence-electron chi connectivity index (χ1n) is 10.4. The highest BCUT2D eigenvalue weighted by atomic mass is 32.2. The fraction of sp³-hybridized carbons (Fsp3) is 0.478. The zero-order valence-corrected chi connectivity index (χ0v) is 19.9. The minimum Gasteiger partial charge on any atom is -0.391 e. The topological polar surface area (TPSA) is 57.6 Å². The second-order valence-electron chi connectivity index (χ2n) is 9.29. The van der Waals surface area contributed by atoms with Crippen LogP contribution in [0, 0.1) is 12.8 Å². The van der Waals surface area contributed by atoms with Crippen molar-refractivity contribution in [1.29, 1.82) is 0 Å². The van der Waals surface area contributed by atoms with Crippen LogP contribution in [0.25, 0.3) is 0 Å². The molecule has 3 rings (SSSR count). The molecule has 0 spiro atoms. The first kappa shape index (κ1) is 22.2. The third-order valence-electron chi connectivity index (χ3n) is 6.14.